The highest BCUT2D eigenvalue weighted by Gasteiger charge is 2.27. The molecule has 27 heavy (non-hydrogen) atoms. The molecule has 0 bridgehead atoms. The quantitative estimate of drug-likeness (QED) is 0.593. The molecule has 2 amide bonds. The van der Waals surface area contributed by atoms with Gasteiger partial charge in [0.15, 0.2) is 17.5 Å². The highest BCUT2D eigenvalue weighted by atomic mass is 19.2. The van der Waals surface area contributed by atoms with Crippen molar-refractivity contribution >= 4 is 11.8 Å². The SMILES string of the molecule is O=C(c1cccc(F)c1)N1CCCN(C(=O)c2ccc(F)c(F)c2F)CC1. The summed E-state index contributed by atoms with van der Waals surface area (Å²) >= 11 is 0. The molecule has 0 aliphatic carbocycles. The first-order chi connectivity index (χ1) is 12.9. The van der Waals surface area contributed by atoms with Gasteiger partial charge in [-0.05, 0) is 36.8 Å². The average molecular weight is 380 g/mol. The summed E-state index contributed by atoms with van der Waals surface area (Å²) < 4.78 is 53.6. The van der Waals surface area contributed by atoms with Crippen molar-refractivity contribution in [3.63, 3.8) is 0 Å². The van der Waals surface area contributed by atoms with Crippen LogP contribution < -0.4 is 0 Å². The Morgan fingerprint density at radius 3 is 2.11 bits per heavy atom. The number of amides is 2. The van der Waals surface area contributed by atoms with Crippen molar-refractivity contribution in [3.8, 4) is 0 Å². The summed E-state index contributed by atoms with van der Waals surface area (Å²) in [6.45, 7) is 0.814. The normalized spacial score (nSPS) is 14.8. The first-order valence-corrected chi connectivity index (χ1v) is 8.36. The van der Waals surface area contributed by atoms with Gasteiger partial charge in [-0.15, -0.1) is 0 Å². The zero-order chi connectivity index (χ0) is 19.6. The van der Waals surface area contributed by atoms with E-state index in [0.29, 0.717) is 19.0 Å². The number of carbonyl (C=O) groups is 2. The van der Waals surface area contributed by atoms with Crippen LogP contribution >= 0.6 is 0 Å². The highest BCUT2D eigenvalue weighted by molar-refractivity contribution is 5.95. The standard InChI is InChI=1S/C19H16F4N2O2/c20-13-4-1-3-12(11-13)18(26)24-7-2-8-25(10-9-24)19(27)14-5-6-15(21)17(23)16(14)22/h1,3-6,11H,2,7-10H2. The molecule has 0 atom stereocenters. The van der Waals surface area contributed by atoms with Crippen LogP contribution in [0.2, 0.25) is 0 Å². The van der Waals surface area contributed by atoms with Crippen molar-refractivity contribution in [1.29, 1.82) is 0 Å². The first-order valence-electron chi connectivity index (χ1n) is 8.36. The Balaban J connectivity index is 1.72. The lowest BCUT2D eigenvalue weighted by atomic mass is 10.1. The van der Waals surface area contributed by atoms with Crippen LogP contribution in [0.3, 0.4) is 0 Å². The fourth-order valence-corrected chi connectivity index (χ4v) is 2.99. The highest BCUT2D eigenvalue weighted by Crippen LogP contribution is 2.18. The van der Waals surface area contributed by atoms with Gasteiger partial charge in [-0.3, -0.25) is 9.59 Å². The Kier molecular flexibility index (Phi) is 5.43. The van der Waals surface area contributed by atoms with Gasteiger partial charge in [0.2, 0.25) is 0 Å². The minimum Gasteiger partial charge on any atom is -0.337 e. The molecule has 0 unspecified atom stereocenters. The molecule has 3 rings (SSSR count). The maximum Gasteiger partial charge on any atom is 0.257 e. The van der Waals surface area contributed by atoms with Crippen LogP contribution in [0.25, 0.3) is 0 Å². The number of rotatable bonds is 2. The van der Waals surface area contributed by atoms with E-state index in [1.165, 1.54) is 28.0 Å². The molecule has 4 nitrogen and oxygen atoms in total. The Morgan fingerprint density at radius 2 is 1.44 bits per heavy atom. The van der Waals surface area contributed by atoms with Gasteiger partial charge < -0.3 is 9.80 Å². The van der Waals surface area contributed by atoms with Gasteiger partial charge >= 0.3 is 0 Å². The maximum atomic E-state index is 13.9. The Morgan fingerprint density at radius 1 is 0.778 bits per heavy atom. The molecule has 1 aliphatic rings. The van der Waals surface area contributed by atoms with Crippen LogP contribution in [0.1, 0.15) is 27.1 Å². The van der Waals surface area contributed by atoms with Crippen molar-refractivity contribution < 1.29 is 27.2 Å². The second-order valence-corrected chi connectivity index (χ2v) is 6.17. The molecular formula is C19H16F4N2O2. The molecule has 0 N–H and O–H groups in total. The summed E-state index contributed by atoms with van der Waals surface area (Å²) in [5.41, 5.74) is -0.361. The Hall–Kier alpha value is -2.90. The number of halogens is 4. The molecule has 1 saturated heterocycles. The van der Waals surface area contributed by atoms with Crippen molar-refractivity contribution in [1.82, 2.24) is 9.80 Å². The minimum atomic E-state index is -1.70. The van der Waals surface area contributed by atoms with Gasteiger partial charge in [0, 0.05) is 31.7 Å². The van der Waals surface area contributed by atoms with Crippen LogP contribution in [0.5, 0.6) is 0 Å². The zero-order valence-corrected chi connectivity index (χ0v) is 14.2. The monoisotopic (exact) mass is 380 g/mol. The zero-order valence-electron chi connectivity index (χ0n) is 14.2. The molecule has 1 fully saturated rings. The van der Waals surface area contributed by atoms with Crippen molar-refractivity contribution in [2.24, 2.45) is 0 Å². The average Bonchev–Trinajstić information content (AvgIpc) is 2.91. The predicted molar refractivity (Wildman–Crippen MR) is 89.1 cm³/mol. The second-order valence-electron chi connectivity index (χ2n) is 6.17. The van der Waals surface area contributed by atoms with E-state index in [1.807, 2.05) is 0 Å². The Labute approximate surface area is 153 Å². The van der Waals surface area contributed by atoms with Crippen LogP contribution in [-0.2, 0) is 0 Å². The van der Waals surface area contributed by atoms with Crippen molar-refractivity contribution in [3.05, 3.63) is 70.8 Å². The summed E-state index contributed by atoms with van der Waals surface area (Å²) in [5, 5.41) is 0. The largest absolute Gasteiger partial charge is 0.337 e. The van der Waals surface area contributed by atoms with Gasteiger partial charge in [-0.2, -0.15) is 0 Å². The van der Waals surface area contributed by atoms with E-state index in [9.17, 15) is 27.2 Å². The lowest BCUT2D eigenvalue weighted by Crippen LogP contribution is -2.37. The summed E-state index contributed by atoms with van der Waals surface area (Å²) in [6, 6.07) is 6.89. The third-order valence-corrected chi connectivity index (χ3v) is 4.41. The fourth-order valence-electron chi connectivity index (χ4n) is 2.99. The molecule has 8 heteroatoms. The fraction of sp³-hybridized carbons (Fsp3) is 0.263. The van der Waals surface area contributed by atoms with Crippen LogP contribution in [0.4, 0.5) is 17.6 Å². The number of hydrogen-bond acceptors (Lipinski definition) is 2. The van der Waals surface area contributed by atoms with Gasteiger partial charge in [0.05, 0.1) is 5.56 Å². The van der Waals surface area contributed by atoms with Crippen molar-refractivity contribution in [2.75, 3.05) is 26.2 Å². The summed E-state index contributed by atoms with van der Waals surface area (Å²) in [6.07, 6.45) is 0.415. The molecule has 142 valence electrons. The Bertz CT molecular complexity index is 888. The van der Waals surface area contributed by atoms with E-state index in [2.05, 4.69) is 0 Å². The van der Waals surface area contributed by atoms with Gasteiger partial charge in [0.1, 0.15) is 5.82 Å². The van der Waals surface area contributed by atoms with Crippen LogP contribution in [0.15, 0.2) is 36.4 Å². The molecule has 0 spiro atoms. The van der Waals surface area contributed by atoms with E-state index in [1.54, 1.807) is 0 Å². The maximum absolute atomic E-state index is 13.9. The van der Waals surface area contributed by atoms with E-state index in [0.717, 1.165) is 12.1 Å². The van der Waals surface area contributed by atoms with Crippen molar-refractivity contribution in [2.45, 2.75) is 6.42 Å². The van der Waals surface area contributed by atoms with Gasteiger partial charge in [-0.25, -0.2) is 17.6 Å². The third kappa shape index (κ3) is 3.94. The lowest BCUT2D eigenvalue weighted by Gasteiger charge is -2.22. The molecule has 0 saturated carbocycles. The summed E-state index contributed by atoms with van der Waals surface area (Å²) in [7, 11) is 0. The number of carbonyl (C=O) groups excluding carboxylic acids is 2. The smallest absolute Gasteiger partial charge is 0.257 e. The lowest BCUT2D eigenvalue weighted by molar-refractivity contribution is 0.0715. The number of benzene rings is 2. The number of hydrogen-bond donors (Lipinski definition) is 0. The molecule has 0 aromatic heterocycles. The number of nitrogens with zero attached hydrogens (tertiary/aromatic N) is 2. The predicted octanol–water partition coefficient (Wildman–Crippen LogP) is 3.23. The molecule has 1 heterocycles. The molecule has 0 radical (unpaired) electrons. The van der Waals surface area contributed by atoms with Gasteiger partial charge in [-0.1, -0.05) is 6.07 Å². The van der Waals surface area contributed by atoms with E-state index < -0.39 is 34.7 Å². The third-order valence-electron chi connectivity index (χ3n) is 4.41. The van der Waals surface area contributed by atoms with Gasteiger partial charge in [0.25, 0.3) is 11.8 Å². The second kappa shape index (κ2) is 7.77. The summed E-state index contributed by atoms with van der Waals surface area (Å²) in [5.74, 6) is -6.27. The molecule has 1 aliphatic heterocycles. The molecule has 2 aromatic carbocycles. The van der Waals surface area contributed by atoms with E-state index in [-0.39, 0.29) is 31.1 Å². The van der Waals surface area contributed by atoms with E-state index in [4.69, 9.17) is 0 Å². The van der Waals surface area contributed by atoms with E-state index >= 15 is 0 Å². The molecular weight excluding hydrogens is 364 g/mol. The first kappa shape index (κ1) is 18.9. The van der Waals surface area contributed by atoms with Crippen LogP contribution in [0, 0.1) is 23.3 Å². The summed E-state index contributed by atoms with van der Waals surface area (Å²) in [4.78, 5) is 27.7. The topological polar surface area (TPSA) is 40.6 Å². The molecule has 2 aromatic rings. The minimum absolute atomic E-state index is 0.0956. The van der Waals surface area contributed by atoms with Crippen LogP contribution in [-0.4, -0.2) is 47.8 Å².